The van der Waals surface area contributed by atoms with Crippen LogP contribution in [0, 0.1) is 0 Å². The van der Waals surface area contributed by atoms with Crippen LogP contribution < -0.4 is 20.3 Å². The number of anilines is 2. The van der Waals surface area contributed by atoms with Gasteiger partial charge in [-0.25, -0.2) is 4.79 Å². The zero-order chi connectivity index (χ0) is 17.6. The van der Waals surface area contributed by atoms with Crippen LogP contribution in [-0.2, 0) is 6.54 Å². The fourth-order valence-corrected chi connectivity index (χ4v) is 3.30. The lowest BCUT2D eigenvalue weighted by Gasteiger charge is -2.19. The van der Waals surface area contributed by atoms with Crippen LogP contribution in [0.3, 0.4) is 0 Å². The van der Waals surface area contributed by atoms with Crippen molar-refractivity contribution in [3.05, 3.63) is 53.1 Å². The number of benzene rings is 2. The molecular formula is C19H22ClN3O2. The molecule has 2 aromatic rings. The topological polar surface area (TPSA) is 53.6 Å². The van der Waals surface area contributed by atoms with Gasteiger partial charge >= 0.3 is 6.03 Å². The van der Waals surface area contributed by atoms with Gasteiger partial charge < -0.3 is 20.3 Å². The Kier molecular flexibility index (Phi) is 5.66. The SMILES string of the molecule is COc1ccccc1CNC(=O)Nc1ccc(N2CCCC2)c(Cl)c1. The Hall–Kier alpha value is -2.40. The first-order valence-electron chi connectivity index (χ1n) is 8.38. The highest BCUT2D eigenvalue weighted by atomic mass is 35.5. The number of ether oxygens (including phenoxy) is 1. The zero-order valence-corrected chi connectivity index (χ0v) is 15.0. The van der Waals surface area contributed by atoms with E-state index in [0.29, 0.717) is 17.3 Å². The number of hydrogen-bond donors (Lipinski definition) is 2. The van der Waals surface area contributed by atoms with Gasteiger partial charge in [-0.1, -0.05) is 29.8 Å². The number of methoxy groups -OCH3 is 1. The third-order valence-corrected chi connectivity index (χ3v) is 4.59. The fraction of sp³-hybridized carbons (Fsp3) is 0.316. The molecule has 2 N–H and O–H groups in total. The standard InChI is InChI=1S/C19H22ClN3O2/c1-25-18-7-3-2-6-14(18)13-21-19(24)22-15-8-9-17(16(20)12-15)23-10-4-5-11-23/h2-3,6-9,12H,4-5,10-11,13H2,1H3,(H2,21,22,24). The number of hydrogen-bond acceptors (Lipinski definition) is 3. The predicted octanol–water partition coefficient (Wildman–Crippen LogP) is 4.27. The third kappa shape index (κ3) is 4.37. The molecule has 25 heavy (non-hydrogen) atoms. The molecule has 1 saturated heterocycles. The van der Waals surface area contributed by atoms with Crippen molar-refractivity contribution >= 4 is 29.0 Å². The summed E-state index contributed by atoms with van der Waals surface area (Å²) in [5.74, 6) is 0.751. The van der Waals surface area contributed by atoms with Gasteiger partial charge in [0, 0.05) is 30.9 Å². The van der Waals surface area contributed by atoms with Crippen molar-refractivity contribution in [3.8, 4) is 5.75 Å². The lowest BCUT2D eigenvalue weighted by Crippen LogP contribution is -2.28. The zero-order valence-electron chi connectivity index (χ0n) is 14.2. The average Bonchev–Trinajstić information content (AvgIpc) is 3.14. The van der Waals surface area contributed by atoms with Gasteiger partial charge in [-0.2, -0.15) is 0 Å². The molecule has 2 amide bonds. The van der Waals surface area contributed by atoms with Crippen molar-refractivity contribution in [1.82, 2.24) is 5.32 Å². The second-order valence-corrected chi connectivity index (χ2v) is 6.39. The monoisotopic (exact) mass is 359 g/mol. The van der Waals surface area contributed by atoms with E-state index in [9.17, 15) is 4.79 Å². The summed E-state index contributed by atoms with van der Waals surface area (Å²) >= 11 is 6.38. The number of halogens is 1. The molecule has 0 atom stereocenters. The normalized spacial score (nSPS) is 13.6. The minimum Gasteiger partial charge on any atom is -0.496 e. The van der Waals surface area contributed by atoms with E-state index in [1.165, 1.54) is 12.8 Å². The molecule has 6 heteroatoms. The molecule has 0 spiro atoms. The van der Waals surface area contributed by atoms with Crippen LogP contribution in [0.25, 0.3) is 0 Å². The summed E-state index contributed by atoms with van der Waals surface area (Å²) in [6.07, 6.45) is 2.39. The maximum atomic E-state index is 12.1. The maximum absolute atomic E-state index is 12.1. The number of carbonyl (C=O) groups is 1. The number of carbonyl (C=O) groups excluding carboxylic acids is 1. The first kappa shape index (κ1) is 17.4. The third-order valence-electron chi connectivity index (χ3n) is 4.28. The first-order chi connectivity index (χ1) is 12.2. The Morgan fingerprint density at radius 2 is 1.96 bits per heavy atom. The molecule has 1 fully saturated rings. The van der Waals surface area contributed by atoms with Crippen LogP contribution in [0.2, 0.25) is 5.02 Å². The Morgan fingerprint density at radius 3 is 2.68 bits per heavy atom. The Morgan fingerprint density at radius 1 is 1.20 bits per heavy atom. The van der Waals surface area contributed by atoms with Gasteiger partial charge in [0.1, 0.15) is 5.75 Å². The van der Waals surface area contributed by atoms with Crippen molar-refractivity contribution in [2.45, 2.75) is 19.4 Å². The summed E-state index contributed by atoms with van der Waals surface area (Å²) in [6.45, 7) is 2.45. The quantitative estimate of drug-likeness (QED) is 0.838. The second-order valence-electron chi connectivity index (χ2n) is 5.98. The van der Waals surface area contributed by atoms with E-state index in [0.717, 1.165) is 30.1 Å². The summed E-state index contributed by atoms with van der Waals surface area (Å²) in [5.41, 5.74) is 2.62. The van der Waals surface area contributed by atoms with E-state index in [1.54, 1.807) is 13.2 Å². The number of nitrogens with one attached hydrogen (secondary N) is 2. The molecule has 3 rings (SSSR count). The van der Waals surface area contributed by atoms with Gasteiger partial charge in [0.25, 0.3) is 0 Å². The van der Waals surface area contributed by atoms with Gasteiger partial charge in [-0.3, -0.25) is 0 Å². The van der Waals surface area contributed by atoms with Crippen LogP contribution >= 0.6 is 11.6 Å². The molecule has 0 radical (unpaired) electrons. The molecule has 0 unspecified atom stereocenters. The molecular weight excluding hydrogens is 338 g/mol. The maximum Gasteiger partial charge on any atom is 0.319 e. The summed E-state index contributed by atoms with van der Waals surface area (Å²) < 4.78 is 5.28. The highest BCUT2D eigenvalue weighted by Crippen LogP contribution is 2.31. The molecule has 0 saturated carbocycles. The van der Waals surface area contributed by atoms with Gasteiger partial charge in [0.15, 0.2) is 0 Å². The largest absolute Gasteiger partial charge is 0.496 e. The smallest absolute Gasteiger partial charge is 0.319 e. The van der Waals surface area contributed by atoms with Crippen LogP contribution in [0.15, 0.2) is 42.5 Å². The van der Waals surface area contributed by atoms with Gasteiger partial charge in [0.2, 0.25) is 0 Å². The lowest BCUT2D eigenvalue weighted by molar-refractivity contribution is 0.251. The first-order valence-corrected chi connectivity index (χ1v) is 8.76. The molecule has 2 aromatic carbocycles. The lowest BCUT2D eigenvalue weighted by atomic mass is 10.2. The average molecular weight is 360 g/mol. The molecule has 1 heterocycles. The molecule has 1 aliphatic rings. The molecule has 5 nitrogen and oxygen atoms in total. The minimum atomic E-state index is -0.282. The van der Waals surface area contributed by atoms with E-state index in [4.69, 9.17) is 16.3 Å². The van der Waals surface area contributed by atoms with E-state index in [2.05, 4.69) is 15.5 Å². The Balaban J connectivity index is 1.58. The number of urea groups is 1. The van der Waals surface area contributed by atoms with Crippen LogP contribution in [0.5, 0.6) is 5.75 Å². The van der Waals surface area contributed by atoms with E-state index >= 15 is 0 Å². The fourth-order valence-electron chi connectivity index (χ4n) is 3.00. The van der Waals surface area contributed by atoms with Crippen molar-refractivity contribution in [2.75, 3.05) is 30.4 Å². The van der Waals surface area contributed by atoms with Crippen molar-refractivity contribution in [2.24, 2.45) is 0 Å². The van der Waals surface area contributed by atoms with Crippen molar-refractivity contribution in [1.29, 1.82) is 0 Å². The summed E-state index contributed by atoms with van der Waals surface area (Å²) in [7, 11) is 1.61. The van der Waals surface area contributed by atoms with Crippen molar-refractivity contribution < 1.29 is 9.53 Å². The predicted molar refractivity (Wildman–Crippen MR) is 102 cm³/mol. The van der Waals surface area contributed by atoms with Crippen LogP contribution in [-0.4, -0.2) is 26.2 Å². The second kappa shape index (κ2) is 8.12. The van der Waals surface area contributed by atoms with Gasteiger partial charge in [-0.15, -0.1) is 0 Å². The van der Waals surface area contributed by atoms with Gasteiger partial charge in [0.05, 0.1) is 17.8 Å². The Labute approximate surface area is 152 Å². The number of nitrogens with zero attached hydrogens (tertiary/aromatic N) is 1. The summed E-state index contributed by atoms with van der Waals surface area (Å²) in [4.78, 5) is 14.4. The van der Waals surface area contributed by atoms with Crippen LogP contribution in [0.4, 0.5) is 16.2 Å². The number of rotatable bonds is 5. The Bertz CT molecular complexity index is 745. The van der Waals surface area contributed by atoms with Gasteiger partial charge in [-0.05, 0) is 37.1 Å². The summed E-state index contributed by atoms with van der Waals surface area (Å²) in [5, 5.41) is 6.30. The summed E-state index contributed by atoms with van der Waals surface area (Å²) in [6, 6.07) is 12.9. The van der Waals surface area contributed by atoms with E-state index in [1.807, 2.05) is 36.4 Å². The minimum absolute atomic E-state index is 0.282. The molecule has 0 bridgehead atoms. The highest BCUT2D eigenvalue weighted by molar-refractivity contribution is 6.33. The van der Waals surface area contributed by atoms with E-state index < -0.39 is 0 Å². The van der Waals surface area contributed by atoms with E-state index in [-0.39, 0.29) is 6.03 Å². The van der Waals surface area contributed by atoms with Crippen LogP contribution in [0.1, 0.15) is 18.4 Å². The number of para-hydroxylation sites is 1. The molecule has 1 aliphatic heterocycles. The molecule has 132 valence electrons. The van der Waals surface area contributed by atoms with Crippen molar-refractivity contribution in [3.63, 3.8) is 0 Å². The number of amides is 2. The molecule has 0 aromatic heterocycles. The molecule has 0 aliphatic carbocycles. The highest BCUT2D eigenvalue weighted by Gasteiger charge is 2.15.